The second kappa shape index (κ2) is 6.72. The van der Waals surface area contributed by atoms with Crippen molar-refractivity contribution in [1.82, 2.24) is 10.3 Å². The van der Waals surface area contributed by atoms with Crippen LogP contribution in [0.15, 0.2) is 77.4 Å². The van der Waals surface area contributed by atoms with Crippen LogP contribution in [0.2, 0.25) is 0 Å². The van der Waals surface area contributed by atoms with Crippen molar-refractivity contribution in [1.29, 1.82) is 0 Å². The fraction of sp³-hybridized carbons (Fsp3) is 0.0476. The molecular weight excluding hydrogens is 328 g/mol. The Morgan fingerprint density at radius 2 is 1.85 bits per heavy atom. The van der Waals surface area contributed by atoms with Gasteiger partial charge in [0.25, 0.3) is 5.91 Å². The maximum Gasteiger partial charge on any atom is 0.252 e. The molecule has 5 heteroatoms. The van der Waals surface area contributed by atoms with Crippen LogP contribution in [-0.2, 0) is 6.54 Å². The number of nitrogens with one attached hydrogen (secondary N) is 1. The highest BCUT2D eigenvalue weighted by molar-refractivity contribution is 6.07. The van der Waals surface area contributed by atoms with Gasteiger partial charge >= 0.3 is 0 Å². The molecule has 128 valence electrons. The van der Waals surface area contributed by atoms with Gasteiger partial charge in [-0.25, -0.2) is 4.98 Å². The van der Waals surface area contributed by atoms with E-state index in [1.807, 2.05) is 30.3 Å². The van der Waals surface area contributed by atoms with Crippen molar-refractivity contribution in [2.45, 2.75) is 6.54 Å². The summed E-state index contributed by atoms with van der Waals surface area (Å²) in [6.07, 6.45) is 1.58. The number of aromatic nitrogens is 1. The van der Waals surface area contributed by atoms with E-state index in [-0.39, 0.29) is 11.7 Å². The molecule has 26 heavy (non-hydrogen) atoms. The number of amides is 1. The Morgan fingerprint density at radius 1 is 1.04 bits per heavy atom. The number of benzene rings is 2. The monoisotopic (exact) mass is 344 g/mol. The minimum atomic E-state index is -0.194. The van der Waals surface area contributed by atoms with Crippen molar-refractivity contribution in [3.8, 4) is 17.0 Å². The number of hydrogen-bond donors (Lipinski definition) is 2. The van der Waals surface area contributed by atoms with Crippen LogP contribution >= 0.6 is 0 Å². The number of hydrogen-bond acceptors (Lipinski definition) is 4. The molecule has 0 saturated carbocycles. The lowest BCUT2D eigenvalue weighted by Crippen LogP contribution is -2.23. The van der Waals surface area contributed by atoms with Crippen LogP contribution in [0.1, 0.15) is 16.1 Å². The molecule has 0 spiro atoms. The van der Waals surface area contributed by atoms with Crippen molar-refractivity contribution < 1.29 is 14.3 Å². The number of aromatic hydroxyl groups is 1. The van der Waals surface area contributed by atoms with E-state index in [9.17, 15) is 9.90 Å². The molecule has 1 amide bonds. The summed E-state index contributed by atoms with van der Waals surface area (Å²) in [6.45, 7) is 0.316. The molecule has 0 radical (unpaired) electrons. The summed E-state index contributed by atoms with van der Waals surface area (Å²) in [5.41, 5.74) is 2.78. The number of phenolic OH excluding ortho intramolecular Hbond substituents is 1. The number of nitrogens with zero attached hydrogens (tertiary/aromatic N) is 1. The molecule has 0 aliphatic carbocycles. The maximum atomic E-state index is 12.8. The highest BCUT2D eigenvalue weighted by Gasteiger charge is 2.14. The van der Waals surface area contributed by atoms with Gasteiger partial charge in [0.2, 0.25) is 0 Å². The van der Waals surface area contributed by atoms with E-state index in [4.69, 9.17) is 4.42 Å². The molecule has 4 aromatic rings. The van der Waals surface area contributed by atoms with Gasteiger partial charge in [-0.05, 0) is 48.5 Å². The van der Waals surface area contributed by atoms with Gasteiger partial charge in [-0.3, -0.25) is 4.79 Å². The molecule has 0 aliphatic rings. The average Bonchev–Trinajstić information content (AvgIpc) is 3.19. The molecule has 2 aromatic heterocycles. The minimum absolute atomic E-state index is 0.186. The Labute approximate surface area is 149 Å². The van der Waals surface area contributed by atoms with Crippen molar-refractivity contribution in [2.75, 3.05) is 0 Å². The highest BCUT2D eigenvalue weighted by atomic mass is 16.3. The Bertz CT molecular complexity index is 1050. The SMILES string of the molecule is O=C(NCc1ccco1)c1cc(-c2ccc(O)cc2)nc2ccccc12. The highest BCUT2D eigenvalue weighted by Crippen LogP contribution is 2.26. The largest absolute Gasteiger partial charge is 0.508 e. The summed E-state index contributed by atoms with van der Waals surface area (Å²) in [5.74, 6) is 0.682. The Balaban J connectivity index is 1.74. The van der Waals surface area contributed by atoms with E-state index in [1.165, 1.54) is 0 Å². The lowest BCUT2D eigenvalue weighted by molar-refractivity contribution is 0.0949. The van der Waals surface area contributed by atoms with Crippen LogP contribution in [0.5, 0.6) is 5.75 Å². The number of carbonyl (C=O) groups is 1. The first-order chi connectivity index (χ1) is 12.7. The fourth-order valence-corrected chi connectivity index (χ4v) is 2.82. The third-order valence-electron chi connectivity index (χ3n) is 4.13. The van der Waals surface area contributed by atoms with E-state index in [0.29, 0.717) is 23.6 Å². The van der Waals surface area contributed by atoms with Crippen LogP contribution < -0.4 is 5.32 Å². The molecule has 5 nitrogen and oxygen atoms in total. The first kappa shape index (κ1) is 15.9. The molecule has 0 atom stereocenters. The number of para-hydroxylation sites is 1. The number of pyridine rings is 1. The van der Waals surface area contributed by atoms with E-state index < -0.39 is 0 Å². The molecule has 0 bridgehead atoms. The van der Waals surface area contributed by atoms with Crippen LogP contribution in [0.4, 0.5) is 0 Å². The van der Waals surface area contributed by atoms with Gasteiger partial charge in [-0.2, -0.15) is 0 Å². The number of rotatable bonds is 4. The summed E-state index contributed by atoms with van der Waals surface area (Å²) in [7, 11) is 0. The van der Waals surface area contributed by atoms with E-state index in [1.54, 1.807) is 42.7 Å². The van der Waals surface area contributed by atoms with Crippen LogP contribution in [0, 0.1) is 0 Å². The molecule has 0 saturated heterocycles. The first-order valence-electron chi connectivity index (χ1n) is 8.20. The van der Waals surface area contributed by atoms with Gasteiger partial charge in [0.05, 0.1) is 29.6 Å². The van der Waals surface area contributed by atoms with Crippen LogP contribution in [0.3, 0.4) is 0 Å². The zero-order chi connectivity index (χ0) is 17.9. The maximum absolute atomic E-state index is 12.8. The zero-order valence-electron chi connectivity index (χ0n) is 13.8. The number of furan rings is 1. The molecule has 0 aliphatic heterocycles. The lowest BCUT2D eigenvalue weighted by Gasteiger charge is -2.10. The van der Waals surface area contributed by atoms with Gasteiger partial charge in [0.15, 0.2) is 0 Å². The normalized spacial score (nSPS) is 10.8. The topological polar surface area (TPSA) is 75.4 Å². The van der Waals surface area contributed by atoms with Crippen molar-refractivity contribution in [3.05, 3.63) is 84.3 Å². The standard InChI is InChI=1S/C21H16N2O3/c24-15-9-7-14(8-10-15)20-12-18(17-5-1-2-6-19(17)23-20)21(25)22-13-16-4-3-11-26-16/h1-12,24H,13H2,(H,22,25). The van der Waals surface area contributed by atoms with Crippen LogP contribution in [0.25, 0.3) is 22.2 Å². The molecule has 2 aromatic carbocycles. The molecule has 2 N–H and O–H groups in total. The molecule has 2 heterocycles. The predicted octanol–water partition coefficient (Wildman–Crippen LogP) is 4.13. The third kappa shape index (κ3) is 3.15. The molecule has 0 fully saturated rings. The Hall–Kier alpha value is -3.60. The second-order valence-electron chi connectivity index (χ2n) is 5.88. The summed E-state index contributed by atoms with van der Waals surface area (Å²) in [4.78, 5) is 17.4. The lowest BCUT2D eigenvalue weighted by atomic mass is 10.0. The summed E-state index contributed by atoms with van der Waals surface area (Å²) in [6, 6.07) is 19.6. The van der Waals surface area contributed by atoms with E-state index in [0.717, 1.165) is 16.5 Å². The van der Waals surface area contributed by atoms with Gasteiger partial charge < -0.3 is 14.8 Å². The molecule has 4 rings (SSSR count). The van der Waals surface area contributed by atoms with Crippen molar-refractivity contribution >= 4 is 16.8 Å². The van der Waals surface area contributed by atoms with Crippen molar-refractivity contribution in [2.24, 2.45) is 0 Å². The number of fused-ring (bicyclic) bond motifs is 1. The van der Waals surface area contributed by atoms with Gasteiger partial charge in [-0.15, -0.1) is 0 Å². The van der Waals surface area contributed by atoms with Gasteiger partial charge in [0.1, 0.15) is 11.5 Å². The van der Waals surface area contributed by atoms with E-state index in [2.05, 4.69) is 10.3 Å². The van der Waals surface area contributed by atoms with Crippen molar-refractivity contribution in [3.63, 3.8) is 0 Å². The van der Waals surface area contributed by atoms with Gasteiger partial charge in [0, 0.05) is 10.9 Å². The van der Waals surface area contributed by atoms with E-state index >= 15 is 0 Å². The Kier molecular flexibility index (Phi) is 4.11. The second-order valence-corrected chi connectivity index (χ2v) is 5.88. The predicted molar refractivity (Wildman–Crippen MR) is 98.7 cm³/mol. The minimum Gasteiger partial charge on any atom is -0.508 e. The first-order valence-corrected chi connectivity index (χ1v) is 8.20. The van der Waals surface area contributed by atoms with Gasteiger partial charge in [-0.1, -0.05) is 18.2 Å². The van der Waals surface area contributed by atoms with Crippen LogP contribution in [-0.4, -0.2) is 16.0 Å². The smallest absolute Gasteiger partial charge is 0.252 e. The zero-order valence-corrected chi connectivity index (χ0v) is 13.8. The molecular formula is C21H16N2O3. The fourth-order valence-electron chi connectivity index (χ4n) is 2.82. The summed E-state index contributed by atoms with van der Waals surface area (Å²) >= 11 is 0. The molecule has 0 unspecified atom stereocenters. The summed E-state index contributed by atoms with van der Waals surface area (Å²) < 4.78 is 5.26. The number of phenols is 1. The Morgan fingerprint density at radius 3 is 2.62 bits per heavy atom. The quantitative estimate of drug-likeness (QED) is 0.584. The third-order valence-corrected chi connectivity index (χ3v) is 4.13. The summed E-state index contributed by atoms with van der Waals surface area (Å²) in [5, 5.41) is 13.2. The average molecular weight is 344 g/mol. The number of carbonyl (C=O) groups excluding carboxylic acids is 1.